The Hall–Kier alpha value is -0.610. The number of carbonyl (C=O) groups is 1. The van der Waals surface area contributed by atoms with E-state index in [-0.39, 0.29) is 5.92 Å². The van der Waals surface area contributed by atoms with Crippen LogP contribution >= 0.6 is 0 Å². The van der Waals surface area contributed by atoms with Crippen LogP contribution in [0.1, 0.15) is 25.7 Å². The van der Waals surface area contributed by atoms with Gasteiger partial charge in [-0.1, -0.05) is 0 Å². The number of rotatable bonds is 2. The average molecular weight is 237 g/mol. The molecule has 0 aromatic carbocycles. The molecular formula is C13H23N3O. The Morgan fingerprint density at radius 3 is 2.88 bits per heavy atom. The summed E-state index contributed by atoms with van der Waals surface area (Å²) in [6, 6.07) is 0.492. The van der Waals surface area contributed by atoms with Gasteiger partial charge in [0.25, 0.3) is 0 Å². The summed E-state index contributed by atoms with van der Waals surface area (Å²) in [5.41, 5.74) is 0. The fourth-order valence-electron chi connectivity index (χ4n) is 3.66. The lowest BCUT2D eigenvalue weighted by molar-refractivity contribution is -0.124. The van der Waals surface area contributed by atoms with E-state index < -0.39 is 0 Å². The number of piperidine rings is 2. The molecule has 96 valence electrons. The SMILES string of the molecule is O=C1NC[C@@H]2[C@H]1CCCN2CC1CCNCC1. The van der Waals surface area contributed by atoms with E-state index in [9.17, 15) is 4.79 Å². The van der Waals surface area contributed by atoms with Crippen molar-refractivity contribution in [3.63, 3.8) is 0 Å². The van der Waals surface area contributed by atoms with Crippen LogP contribution in [0.3, 0.4) is 0 Å². The van der Waals surface area contributed by atoms with Gasteiger partial charge in [-0.05, 0) is 51.2 Å². The first-order valence-electron chi connectivity index (χ1n) is 7.07. The highest BCUT2D eigenvalue weighted by molar-refractivity contribution is 5.82. The number of nitrogens with zero attached hydrogens (tertiary/aromatic N) is 1. The van der Waals surface area contributed by atoms with Gasteiger partial charge in [0.15, 0.2) is 0 Å². The van der Waals surface area contributed by atoms with E-state index in [0.29, 0.717) is 11.9 Å². The van der Waals surface area contributed by atoms with Gasteiger partial charge in [0.05, 0.1) is 5.92 Å². The summed E-state index contributed by atoms with van der Waals surface area (Å²) in [5.74, 6) is 1.42. The maximum Gasteiger partial charge on any atom is 0.224 e. The van der Waals surface area contributed by atoms with E-state index in [1.165, 1.54) is 45.4 Å². The van der Waals surface area contributed by atoms with Crippen LogP contribution in [0.15, 0.2) is 0 Å². The Balaban J connectivity index is 1.60. The predicted octanol–water partition coefficient (Wildman–Crippen LogP) is 0.196. The standard InChI is InChI=1S/C13H23N3O/c17-13-11-2-1-7-16(12(11)8-15-13)9-10-3-5-14-6-4-10/h10-12,14H,1-9H2,(H,15,17)/t11-,12-/m1/s1. The molecule has 0 aromatic rings. The molecule has 17 heavy (non-hydrogen) atoms. The van der Waals surface area contributed by atoms with Gasteiger partial charge < -0.3 is 10.6 Å². The summed E-state index contributed by atoms with van der Waals surface area (Å²) in [6.45, 7) is 5.62. The maximum absolute atomic E-state index is 11.7. The van der Waals surface area contributed by atoms with Crippen molar-refractivity contribution in [3.05, 3.63) is 0 Å². The Labute approximate surface area is 103 Å². The van der Waals surface area contributed by atoms with Gasteiger partial charge in [-0.2, -0.15) is 0 Å². The van der Waals surface area contributed by atoms with E-state index >= 15 is 0 Å². The molecule has 3 fully saturated rings. The van der Waals surface area contributed by atoms with Crippen molar-refractivity contribution < 1.29 is 4.79 Å². The van der Waals surface area contributed by atoms with Crippen LogP contribution in [-0.4, -0.2) is 49.6 Å². The van der Waals surface area contributed by atoms with Crippen LogP contribution in [0.25, 0.3) is 0 Å². The van der Waals surface area contributed by atoms with Crippen molar-refractivity contribution in [1.29, 1.82) is 0 Å². The lowest BCUT2D eigenvalue weighted by atomic mass is 9.89. The van der Waals surface area contributed by atoms with Gasteiger partial charge in [0.1, 0.15) is 0 Å². The van der Waals surface area contributed by atoms with E-state index in [2.05, 4.69) is 15.5 Å². The molecule has 0 bridgehead atoms. The number of fused-ring (bicyclic) bond motifs is 1. The largest absolute Gasteiger partial charge is 0.354 e. The van der Waals surface area contributed by atoms with Crippen molar-refractivity contribution in [3.8, 4) is 0 Å². The Morgan fingerprint density at radius 1 is 1.24 bits per heavy atom. The minimum absolute atomic E-state index is 0.283. The zero-order chi connectivity index (χ0) is 11.7. The van der Waals surface area contributed by atoms with Crippen molar-refractivity contribution >= 4 is 5.91 Å². The lowest BCUT2D eigenvalue weighted by Crippen LogP contribution is -2.48. The average Bonchev–Trinajstić information content (AvgIpc) is 2.74. The molecule has 3 heterocycles. The number of likely N-dealkylation sites (tertiary alicyclic amines) is 1. The molecule has 4 heteroatoms. The molecule has 0 unspecified atom stereocenters. The second-order valence-electron chi connectivity index (χ2n) is 5.75. The Bertz CT molecular complexity index is 288. The molecule has 0 spiro atoms. The highest BCUT2D eigenvalue weighted by atomic mass is 16.2. The highest BCUT2D eigenvalue weighted by Crippen LogP contribution is 2.28. The van der Waals surface area contributed by atoms with Gasteiger partial charge in [-0.15, -0.1) is 0 Å². The van der Waals surface area contributed by atoms with Gasteiger partial charge in [0.2, 0.25) is 5.91 Å². The van der Waals surface area contributed by atoms with Gasteiger partial charge in [-0.3, -0.25) is 9.69 Å². The predicted molar refractivity (Wildman–Crippen MR) is 66.7 cm³/mol. The third kappa shape index (κ3) is 2.33. The second kappa shape index (κ2) is 4.94. The first kappa shape index (κ1) is 11.5. The summed E-state index contributed by atoms with van der Waals surface area (Å²) in [6.07, 6.45) is 4.89. The van der Waals surface area contributed by atoms with E-state index in [0.717, 1.165) is 18.9 Å². The van der Waals surface area contributed by atoms with E-state index in [4.69, 9.17) is 0 Å². The Morgan fingerprint density at radius 2 is 2.06 bits per heavy atom. The summed E-state index contributed by atoms with van der Waals surface area (Å²) in [4.78, 5) is 14.3. The van der Waals surface area contributed by atoms with Crippen LogP contribution in [0, 0.1) is 11.8 Å². The topological polar surface area (TPSA) is 44.4 Å². The molecule has 3 aliphatic heterocycles. The monoisotopic (exact) mass is 237 g/mol. The normalized spacial score (nSPS) is 35.6. The van der Waals surface area contributed by atoms with Gasteiger partial charge in [0, 0.05) is 19.1 Å². The molecule has 1 amide bonds. The second-order valence-corrected chi connectivity index (χ2v) is 5.75. The van der Waals surface area contributed by atoms with Gasteiger partial charge >= 0.3 is 0 Å². The van der Waals surface area contributed by atoms with Crippen molar-refractivity contribution in [2.45, 2.75) is 31.7 Å². The van der Waals surface area contributed by atoms with E-state index in [1.54, 1.807) is 0 Å². The molecule has 3 rings (SSSR count). The quantitative estimate of drug-likeness (QED) is 0.721. The summed E-state index contributed by atoms with van der Waals surface area (Å²) < 4.78 is 0. The van der Waals surface area contributed by atoms with Crippen LogP contribution in [-0.2, 0) is 4.79 Å². The number of nitrogens with one attached hydrogen (secondary N) is 2. The molecule has 0 aromatic heterocycles. The highest BCUT2D eigenvalue weighted by Gasteiger charge is 2.41. The zero-order valence-corrected chi connectivity index (χ0v) is 10.5. The van der Waals surface area contributed by atoms with E-state index in [1.807, 2.05) is 0 Å². The smallest absolute Gasteiger partial charge is 0.224 e. The molecule has 2 N–H and O–H groups in total. The third-order valence-corrected chi connectivity index (χ3v) is 4.67. The maximum atomic E-state index is 11.7. The molecule has 2 atom stereocenters. The van der Waals surface area contributed by atoms with Crippen LogP contribution in [0.5, 0.6) is 0 Å². The fraction of sp³-hybridized carbons (Fsp3) is 0.923. The Kier molecular flexibility index (Phi) is 3.34. The number of amides is 1. The summed E-state index contributed by atoms with van der Waals surface area (Å²) in [5, 5.41) is 6.46. The molecule has 3 aliphatic rings. The summed E-state index contributed by atoms with van der Waals surface area (Å²) >= 11 is 0. The first-order chi connectivity index (χ1) is 8.34. The summed E-state index contributed by atoms with van der Waals surface area (Å²) in [7, 11) is 0. The van der Waals surface area contributed by atoms with Crippen LogP contribution in [0.2, 0.25) is 0 Å². The van der Waals surface area contributed by atoms with Crippen LogP contribution in [0.4, 0.5) is 0 Å². The molecule has 0 radical (unpaired) electrons. The number of hydrogen-bond donors (Lipinski definition) is 2. The van der Waals surface area contributed by atoms with Crippen molar-refractivity contribution in [2.24, 2.45) is 11.8 Å². The molecule has 0 saturated carbocycles. The number of carbonyl (C=O) groups excluding carboxylic acids is 1. The molecular weight excluding hydrogens is 214 g/mol. The van der Waals surface area contributed by atoms with Gasteiger partial charge in [-0.25, -0.2) is 0 Å². The lowest BCUT2D eigenvalue weighted by Gasteiger charge is -2.38. The van der Waals surface area contributed by atoms with Crippen LogP contribution < -0.4 is 10.6 Å². The zero-order valence-electron chi connectivity index (χ0n) is 10.5. The minimum atomic E-state index is 0.283. The molecule has 0 aliphatic carbocycles. The fourth-order valence-corrected chi connectivity index (χ4v) is 3.66. The van der Waals surface area contributed by atoms with Crippen molar-refractivity contribution in [2.75, 3.05) is 32.7 Å². The molecule has 3 saturated heterocycles. The molecule has 4 nitrogen and oxygen atoms in total. The minimum Gasteiger partial charge on any atom is -0.354 e. The third-order valence-electron chi connectivity index (χ3n) is 4.67. The first-order valence-corrected chi connectivity index (χ1v) is 7.07. The number of hydrogen-bond acceptors (Lipinski definition) is 3. The van der Waals surface area contributed by atoms with Crippen molar-refractivity contribution in [1.82, 2.24) is 15.5 Å².